The van der Waals surface area contributed by atoms with E-state index in [1.165, 1.54) is 0 Å². The first-order chi connectivity index (χ1) is 0. The van der Waals surface area contributed by atoms with Gasteiger partial charge in [-0.05, 0) is 0 Å². The van der Waals surface area contributed by atoms with Gasteiger partial charge in [-0.3, -0.25) is 0 Å². The van der Waals surface area contributed by atoms with Crippen LogP contribution in [0.5, 0.6) is 0 Å². The van der Waals surface area contributed by atoms with Crippen molar-refractivity contribution in [2.75, 3.05) is 0 Å². The molecule has 0 aliphatic heterocycles. The molecular weight excluding hydrogens is 137 g/mol. The van der Waals surface area contributed by atoms with E-state index in [1.807, 2.05) is 0 Å². The molecule has 0 unspecified atom stereocenters. The molecule has 0 saturated heterocycles. The molecule has 0 aliphatic rings. The largest absolute Gasteiger partial charge is 2.00 e. The molecule has 4 heavy (non-hydrogen) atoms. The Bertz CT molecular complexity index is 6.00. The molecule has 0 radical (unpaired) electrons. The van der Waals surface area contributed by atoms with Crippen molar-refractivity contribution in [1.29, 1.82) is 0 Å². The van der Waals surface area contributed by atoms with Gasteiger partial charge in [0.25, 0.3) is 0 Å². The van der Waals surface area contributed by atoms with Gasteiger partial charge in [-0.2, -0.15) is 0 Å². The number of rotatable bonds is 0. The Balaban J connectivity index is 0. The van der Waals surface area contributed by atoms with Crippen LogP contribution in [0.1, 0.15) is 0 Å². The van der Waals surface area contributed by atoms with E-state index in [0.717, 1.165) is 0 Å². The summed E-state index contributed by atoms with van der Waals surface area (Å²) < 4.78 is 0. The fourth-order valence-corrected chi connectivity index (χ4v) is 0. The van der Waals surface area contributed by atoms with Crippen LogP contribution in [0.2, 0.25) is 0 Å². The van der Waals surface area contributed by atoms with Crippen molar-refractivity contribution in [1.82, 2.24) is 0 Å². The van der Waals surface area contributed by atoms with Gasteiger partial charge in [-0.25, -0.2) is 0 Å². The van der Waals surface area contributed by atoms with Gasteiger partial charge in [0, 0.05) is 0 Å². The van der Waals surface area contributed by atoms with Crippen LogP contribution in [0.3, 0.4) is 0 Å². The smallest absolute Gasteiger partial charge is 2.00 e. The van der Waals surface area contributed by atoms with E-state index >= 15 is 0 Å². The molecule has 0 spiro atoms. The van der Waals surface area contributed by atoms with Crippen LogP contribution in [0.25, 0.3) is 0 Å². The number of hydrogen-bond acceptors (Lipinski definition) is 0. The molecular formula is CaO2Zn. The van der Waals surface area contributed by atoms with Gasteiger partial charge in [-0.15, -0.1) is 0 Å². The van der Waals surface area contributed by atoms with E-state index in [-0.39, 0.29) is 68.2 Å². The van der Waals surface area contributed by atoms with E-state index in [1.54, 1.807) is 0 Å². The summed E-state index contributed by atoms with van der Waals surface area (Å²) in [5.41, 5.74) is 0. The zero-order valence-electron chi connectivity index (χ0n) is 2.23. The molecule has 2 nitrogen and oxygen atoms in total. The maximum atomic E-state index is 0. The summed E-state index contributed by atoms with van der Waals surface area (Å²) in [6.07, 6.45) is 0. The molecule has 0 aliphatic carbocycles. The van der Waals surface area contributed by atoms with Crippen molar-refractivity contribution in [2.45, 2.75) is 0 Å². The SMILES string of the molecule is [Ca+2].[O-2].[O-2].[Zn+2]. The molecule has 0 saturated carbocycles. The molecule has 0 bridgehead atoms. The standard InChI is InChI=1S/Ca.2O.Zn/q+2;2*-2;+2. The van der Waals surface area contributed by atoms with Crippen LogP contribution in [0.4, 0.5) is 0 Å². The summed E-state index contributed by atoms with van der Waals surface area (Å²) in [7, 11) is 0. The molecule has 4 heteroatoms. The van der Waals surface area contributed by atoms with Gasteiger partial charge < -0.3 is 11.0 Å². The van der Waals surface area contributed by atoms with E-state index in [9.17, 15) is 0 Å². The molecule has 0 amide bonds. The normalized spacial score (nSPS) is 0. The molecule has 0 fully saturated rings. The van der Waals surface area contributed by atoms with Crippen molar-refractivity contribution in [3.63, 3.8) is 0 Å². The average Bonchev–Trinajstić information content (AvgIpc) is 0. The van der Waals surface area contributed by atoms with Crippen molar-refractivity contribution in [3.05, 3.63) is 0 Å². The van der Waals surface area contributed by atoms with Crippen LogP contribution in [-0.4, -0.2) is 37.7 Å². The second-order valence-electron chi connectivity index (χ2n) is 0. The van der Waals surface area contributed by atoms with Crippen molar-refractivity contribution in [2.24, 2.45) is 0 Å². The third-order valence-electron chi connectivity index (χ3n) is 0. The zero-order chi connectivity index (χ0) is 0. The Morgan fingerprint density at radius 3 is 0.750 bits per heavy atom. The molecule has 0 atom stereocenters. The van der Waals surface area contributed by atoms with Crippen LogP contribution in [0, 0.1) is 0 Å². The summed E-state index contributed by atoms with van der Waals surface area (Å²) >= 11 is 0. The Morgan fingerprint density at radius 1 is 0.750 bits per heavy atom. The Morgan fingerprint density at radius 2 is 0.750 bits per heavy atom. The Kier molecular flexibility index (Phi) is 220. The predicted molar refractivity (Wildman–Crippen MR) is 7.13 cm³/mol. The minimum absolute atomic E-state index is 0. The van der Waals surface area contributed by atoms with Crippen LogP contribution >= 0.6 is 0 Å². The molecule has 16 valence electrons. The quantitative estimate of drug-likeness (QED) is 0.400. The first-order valence-corrected chi connectivity index (χ1v) is 0. The maximum absolute atomic E-state index is 0. The van der Waals surface area contributed by atoms with E-state index in [2.05, 4.69) is 0 Å². The molecule has 0 heterocycles. The molecule has 0 rings (SSSR count). The van der Waals surface area contributed by atoms with Crippen molar-refractivity contribution in [3.8, 4) is 0 Å². The number of hydrogen-bond donors (Lipinski definition) is 0. The van der Waals surface area contributed by atoms with Gasteiger partial charge >= 0.3 is 57.2 Å². The van der Waals surface area contributed by atoms with E-state index < -0.39 is 0 Å². The summed E-state index contributed by atoms with van der Waals surface area (Å²) in [5, 5.41) is 0. The summed E-state index contributed by atoms with van der Waals surface area (Å²) in [4.78, 5) is 0. The third kappa shape index (κ3) is 9.19. The Hall–Kier alpha value is 1.80. The van der Waals surface area contributed by atoms with Gasteiger partial charge in [-0.1, -0.05) is 0 Å². The third-order valence-corrected chi connectivity index (χ3v) is 0. The second-order valence-corrected chi connectivity index (χ2v) is 0. The van der Waals surface area contributed by atoms with Gasteiger partial charge in [0.1, 0.15) is 0 Å². The van der Waals surface area contributed by atoms with Gasteiger partial charge in [0.15, 0.2) is 0 Å². The Labute approximate surface area is 67.3 Å². The molecule has 0 aromatic rings. The van der Waals surface area contributed by atoms with Crippen molar-refractivity contribution >= 4 is 37.7 Å². The van der Waals surface area contributed by atoms with Gasteiger partial charge in [0.05, 0.1) is 0 Å². The summed E-state index contributed by atoms with van der Waals surface area (Å²) in [5.74, 6) is 0. The topological polar surface area (TPSA) is 57.0 Å². The van der Waals surface area contributed by atoms with E-state index in [4.69, 9.17) is 0 Å². The zero-order valence-corrected chi connectivity index (χ0v) is 7.41. The van der Waals surface area contributed by atoms with Crippen molar-refractivity contribution < 1.29 is 30.4 Å². The van der Waals surface area contributed by atoms with E-state index in [0.29, 0.717) is 0 Å². The fourth-order valence-electron chi connectivity index (χ4n) is 0. The first-order valence-electron chi connectivity index (χ1n) is 0. The monoisotopic (exact) mass is 136 g/mol. The van der Waals surface area contributed by atoms with Crippen LogP contribution < -0.4 is 0 Å². The maximum Gasteiger partial charge on any atom is 2.00 e. The van der Waals surface area contributed by atoms with Crippen LogP contribution in [-0.2, 0) is 30.4 Å². The predicted octanol–water partition coefficient (Wildman–Crippen LogP) is -0.621. The first kappa shape index (κ1) is 41.2. The fraction of sp³-hybridized carbons (Fsp3) is 0. The average molecular weight is 137 g/mol. The summed E-state index contributed by atoms with van der Waals surface area (Å²) in [6.45, 7) is 0. The summed E-state index contributed by atoms with van der Waals surface area (Å²) in [6, 6.07) is 0. The second kappa shape index (κ2) is 21.4. The minimum Gasteiger partial charge on any atom is -2.00 e. The van der Waals surface area contributed by atoms with Crippen LogP contribution in [0.15, 0.2) is 0 Å². The minimum atomic E-state index is 0. The molecule has 0 aromatic carbocycles. The molecule has 0 N–H and O–H groups in total. The van der Waals surface area contributed by atoms with Gasteiger partial charge in [0.2, 0.25) is 0 Å². The molecule has 0 aromatic heterocycles.